The highest BCUT2D eigenvalue weighted by atomic mass is 16.7. The smallest absolute Gasteiger partial charge is 0.303 e. The van der Waals surface area contributed by atoms with Gasteiger partial charge in [0.05, 0.1) is 25.0 Å². The first kappa shape index (κ1) is 19.9. The van der Waals surface area contributed by atoms with Crippen molar-refractivity contribution in [1.82, 2.24) is 0 Å². The first-order valence-electron chi connectivity index (χ1n) is 10.3. The molecule has 4 atom stereocenters. The van der Waals surface area contributed by atoms with E-state index < -0.39 is 36.0 Å². The number of rotatable bonds is 3. The molecule has 0 amide bonds. The molecule has 0 N–H and O–H groups in total. The number of benzene rings is 2. The number of methoxy groups -OCH3 is 1. The Kier molecular flexibility index (Phi) is 4.48. The monoisotopic (exact) mass is 424 g/mol. The highest BCUT2D eigenvalue weighted by molar-refractivity contribution is 6.03. The van der Waals surface area contributed by atoms with Crippen LogP contribution in [-0.2, 0) is 14.3 Å². The molecule has 162 valence electrons. The number of esters is 1. The van der Waals surface area contributed by atoms with E-state index >= 15 is 0 Å². The van der Waals surface area contributed by atoms with Crippen molar-refractivity contribution in [3.05, 3.63) is 53.1 Å². The molecule has 0 saturated carbocycles. The average Bonchev–Trinajstić information content (AvgIpc) is 3.19. The molecule has 3 aliphatic heterocycles. The molecule has 31 heavy (non-hydrogen) atoms. The minimum atomic E-state index is -0.761. The van der Waals surface area contributed by atoms with Crippen LogP contribution in [0.1, 0.15) is 60.7 Å². The Morgan fingerprint density at radius 1 is 1.16 bits per heavy atom. The summed E-state index contributed by atoms with van der Waals surface area (Å²) in [6.45, 7) is 5.09. The van der Waals surface area contributed by atoms with Gasteiger partial charge in [0, 0.05) is 13.0 Å². The SMILES string of the molecule is COc1cc2c(c3c1C(=O)C[C@@H](c1ccccc1)O3)[C@H]1[C@@H](O2)OC(C)(C)[C@@H]1OC(C)=O. The molecule has 0 unspecified atom stereocenters. The molecule has 1 fully saturated rings. The molecular formula is C24H24O7. The fourth-order valence-corrected chi connectivity index (χ4v) is 4.81. The van der Waals surface area contributed by atoms with Crippen LogP contribution in [0.25, 0.3) is 0 Å². The van der Waals surface area contributed by atoms with Gasteiger partial charge in [-0.05, 0) is 19.4 Å². The topological polar surface area (TPSA) is 80.3 Å². The summed E-state index contributed by atoms with van der Waals surface area (Å²) in [7, 11) is 1.51. The van der Waals surface area contributed by atoms with Crippen molar-refractivity contribution in [2.45, 2.75) is 57.2 Å². The second kappa shape index (κ2) is 6.99. The molecule has 0 aliphatic carbocycles. The van der Waals surface area contributed by atoms with E-state index in [4.69, 9.17) is 23.7 Å². The highest BCUT2D eigenvalue weighted by Gasteiger charge is 2.59. The standard InChI is InChI=1S/C24H24O7/c1-12(25)28-22-20-19-17(30-23(20)31-24(22,2)3)11-16(27-4)18-14(26)10-15(29-21(18)19)13-8-6-5-7-9-13/h5-9,11,15,20,22-23H,10H2,1-4H3/t15-,20+,22+,23-/m0/s1. The van der Waals surface area contributed by atoms with Crippen molar-refractivity contribution < 1.29 is 33.3 Å². The van der Waals surface area contributed by atoms with E-state index in [0.717, 1.165) is 5.56 Å². The second-order valence-electron chi connectivity index (χ2n) is 8.60. The van der Waals surface area contributed by atoms with Crippen LogP contribution in [0.15, 0.2) is 36.4 Å². The summed E-state index contributed by atoms with van der Waals surface area (Å²) < 4.78 is 29.8. The largest absolute Gasteiger partial charge is 0.496 e. The van der Waals surface area contributed by atoms with Gasteiger partial charge in [-0.1, -0.05) is 30.3 Å². The molecule has 2 aromatic carbocycles. The minimum Gasteiger partial charge on any atom is -0.496 e. The number of carbonyl (C=O) groups is 2. The predicted molar refractivity (Wildman–Crippen MR) is 110 cm³/mol. The fourth-order valence-electron chi connectivity index (χ4n) is 4.81. The number of Topliss-reactive ketones (excluding diaryl/α,β-unsaturated/α-hetero) is 1. The third kappa shape index (κ3) is 3.07. The third-order valence-electron chi connectivity index (χ3n) is 6.14. The first-order valence-corrected chi connectivity index (χ1v) is 10.3. The van der Waals surface area contributed by atoms with Gasteiger partial charge in [-0.3, -0.25) is 9.59 Å². The van der Waals surface area contributed by atoms with E-state index in [-0.39, 0.29) is 12.2 Å². The zero-order chi connectivity index (χ0) is 21.9. The van der Waals surface area contributed by atoms with Crippen molar-refractivity contribution in [3.8, 4) is 17.2 Å². The first-order chi connectivity index (χ1) is 14.8. The average molecular weight is 424 g/mol. The molecule has 0 bridgehead atoms. The van der Waals surface area contributed by atoms with E-state index in [1.165, 1.54) is 14.0 Å². The van der Waals surface area contributed by atoms with Gasteiger partial charge in [-0.25, -0.2) is 0 Å². The molecule has 2 aromatic rings. The van der Waals surface area contributed by atoms with Gasteiger partial charge in [0.15, 0.2) is 5.78 Å². The van der Waals surface area contributed by atoms with Crippen molar-refractivity contribution in [1.29, 1.82) is 0 Å². The quantitative estimate of drug-likeness (QED) is 0.691. The molecular weight excluding hydrogens is 400 g/mol. The molecule has 1 saturated heterocycles. The third-order valence-corrected chi connectivity index (χ3v) is 6.14. The maximum atomic E-state index is 13.2. The van der Waals surface area contributed by atoms with E-state index in [1.807, 2.05) is 44.2 Å². The van der Waals surface area contributed by atoms with Gasteiger partial charge in [-0.2, -0.15) is 0 Å². The van der Waals surface area contributed by atoms with Gasteiger partial charge in [-0.15, -0.1) is 0 Å². The van der Waals surface area contributed by atoms with Crippen LogP contribution in [0.5, 0.6) is 17.2 Å². The van der Waals surface area contributed by atoms with Gasteiger partial charge < -0.3 is 23.7 Å². The van der Waals surface area contributed by atoms with E-state index in [9.17, 15) is 9.59 Å². The van der Waals surface area contributed by atoms with Crippen LogP contribution in [-0.4, -0.2) is 36.9 Å². The van der Waals surface area contributed by atoms with Crippen molar-refractivity contribution in [2.75, 3.05) is 7.11 Å². The summed E-state index contributed by atoms with van der Waals surface area (Å²) in [5.41, 5.74) is 1.23. The van der Waals surface area contributed by atoms with Crippen LogP contribution in [0.2, 0.25) is 0 Å². The van der Waals surface area contributed by atoms with Gasteiger partial charge in [0.1, 0.15) is 40.6 Å². The lowest BCUT2D eigenvalue weighted by atomic mass is 9.84. The normalized spacial score (nSPS) is 27.4. The van der Waals surface area contributed by atoms with Crippen LogP contribution < -0.4 is 14.2 Å². The molecule has 3 aliphatic rings. The van der Waals surface area contributed by atoms with Gasteiger partial charge >= 0.3 is 5.97 Å². The lowest BCUT2D eigenvalue weighted by molar-refractivity contribution is -0.159. The Balaban J connectivity index is 1.66. The molecule has 0 radical (unpaired) electrons. The Bertz CT molecular complexity index is 1060. The van der Waals surface area contributed by atoms with E-state index in [0.29, 0.717) is 28.4 Å². The molecule has 5 rings (SSSR count). The van der Waals surface area contributed by atoms with Crippen LogP contribution >= 0.6 is 0 Å². The molecule has 3 heterocycles. The van der Waals surface area contributed by atoms with Gasteiger partial charge in [0.2, 0.25) is 6.29 Å². The number of ketones is 1. The van der Waals surface area contributed by atoms with E-state index in [2.05, 4.69) is 0 Å². The summed E-state index contributed by atoms with van der Waals surface area (Å²) in [6.07, 6.45) is -1.47. The second-order valence-corrected chi connectivity index (χ2v) is 8.60. The fraction of sp³-hybridized carbons (Fsp3) is 0.417. The maximum Gasteiger partial charge on any atom is 0.303 e. The Labute approximate surface area is 180 Å². The summed E-state index contributed by atoms with van der Waals surface area (Å²) in [6, 6.07) is 11.3. The minimum absolute atomic E-state index is 0.0691. The molecule has 0 spiro atoms. The number of carbonyl (C=O) groups excluding carboxylic acids is 2. The maximum absolute atomic E-state index is 13.2. The Morgan fingerprint density at radius 3 is 2.58 bits per heavy atom. The van der Waals surface area contributed by atoms with Crippen molar-refractivity contribution >= 4 is 11.8 Å². The number of ether oxygens (including phenoxy) is 5. The predicted octanol–water partition coefficient (Wildman–Crippen LogP) is 3.94. The highest BCUT2D eigenvalue weighted by Crippen LogP contribution is 2.58. The summed E-state index contributed by atoms with van der Waals surface area (Å²) >= 11 is 0. The lowest BCUT2D eigenvalue weighted by Gasteiger charge is -2.31. The van der Waals surface area contributed by atoms with Crippen LogP contribution in [0.3, 0.4) is 0 Å². The zero-order valence-electron chi connectivity index (χ0n) is 17.8. The summed E-state index contributed by atoms with van der Waals surface area (Å²) in [5, 5.41) is 0. The number of hydrogen-bond acceptors (Lipinski definition) is 7. The summed E-state index contributed by atoms with van der Waals surface area (Å²) in [4.78, 5) is 25.1. The Hall–Kier alpha value is -3.06. The molecule has 0 aromatic heterocycles. The summed E-state index contributed by atoms with van der Waals surface area (Å²) in [5.74, 6) is 0.437. The number of fused-ring (bicyclic) bond motifs is 5. The zero-order valence-corrected chi connectivity index (χ0v) is 17.8. The van der Waals surface area contributed by atoms with E-state index in [1.54, 1.807) is 6.07 Å². The van der Waals surface area contributed by atoms with Crippen LogP contribution in [0, 0.1) is 0 Å². The van der Waals surface area contributed by atoms with Crippen LogP contribution in [0.4, 0.5) is 0 Å². The lowest BCUT2D eigenvalue weighted by Crippen LogP contribution is -2.38. The Morgan fingerprint density at radius 2 is 1.90 bits per heavy atom. The molecule has 7 nitrogen and oxygen atoms in total. The number of hydrogen-bond donors (Lipinski definition) is 0. The van der Waals surface area contributed by atoms with Gasteiger partial charge in [0.25, 0.3) is 0 Å². The molecule has 7 heteroatoms. The van der Waals surface area contributed by atoms with Crippen molar-refractivity contribution in [3.63, 3.8) is 0 Å². The van der Waals surface area contributed by atoms with Crippen molar-refractivity contribution in [2.24, 2.45) is 0 Å².